The van der Waals surface area contributed by atoms with Crippen LogP contribution in [0.4, 0.5) is 4.79 Å². The van der Waals surface area contributed by atoms with Crippen molar-refractivity contribution in [3.8, 4) is 0 Å². The number of hydrogen-bond donors (Lipinski definition) is 1. The van der Waals surface area contributed by atoms with Gasteiger partial charge < -0.3 is 10.0 Å². The minimum atomic E-state index is -0.796. The highest BCUT2D eigenvalue weighted by Crippen LogP contribution is 2.40. The van der Waals surface area contributed by atoms with Crippen LogP contribution in [-0.2, 0) is 6.42 Å². The van der Waals surface area contributed by atoms with E-state index in [0.717, 1.165) is 25.7 Å². The van der Waals surface area contributed by atoms with Crippen LogP contribution in [0.1, 0.15) is 81.5 Å². The molecule has 0 aliphatic carbocycles. The van der Waals surface area contributed by atoms with Crippen molar-refractivity contribution in [3.63, 3.8) is 0 Å². The van der Waals surface area contributed by atoms with Gasteiger partial charge in [0.2, 0.25) is 0 Å². The Morgan fingerprint density at radius 1 is 1.31 bits per heavy atom. The van der Waals surface area contributed by atoms with Crippen molar-refractivity contribution in [2.75, 3.05) is 6.54 Å². The van der Waals surface area contributed by atoms with Gasteiger partial charge in [-0.05, 0) is 49.0 Å². The highest BCUT2D eigenvalue weighted by atomic mass is 32.1. The number of amides is 1. The molecule has 0 saturated carbocycles. The molecule has 4 nitrogen and oxygen atoms in total. The lowest BCUT2D eigenvalue weighted by Crippen LogP contribution is -2.51. The fraction of sp³-hybridized carbons (Fsp3) is 0.583. The molecule has 1 saturated heterocycles. The molecule has 29 heavy (non-hydrogen) atoms. The van der Waals surface area contributed by atoms with Crippen molar-refractivity contribution in [1.82, 2.24) is 9.88 Å². The quantitative estimate of drug-likeness (QED) is 0.584. The van der Waals surface area contributed by atoms with E-state index in [2.05, 4.69) is 63.4 Å². The van der Waals surface area contributed by atoms with Crippen molar-refractivity contribution in [2.45, 2.75) is 77.7 Å². The number of thiazole rings is 1. The Balaban J connectivity index is 1.56. The molecule has 1 aromatic carbocycles. The number of aryl methyl sites for hydroxylation is 1. The molecule has 3 rings (SSSR count). The molecule has 1 fully saturated rings. The first-order valence-electron chi connectivity index (χ1n) is 10.7. The van der Waals surface area contributed by atoms with Crippen molar-refractivity contribution in [1.29, 1.82) is 0 Å². The number of piperidine rings is 1. The van der Waals surface area contributed by atoms with Gasteiger partial charge in [-0.25, -0.2) is 9.78 Å². The number of likely N-dealkylation sites (tertiary alicyclic amines) is 1. The second-order valence-corrected chi connectivity index (χ2v) is 10.3. The zero-order chi connectivity index (χ0) is 21.0. The van der Waals surface area contributed by atoms with Crippen LogP contribution in [0.5, 0.6) is 0 Å². The van der Waals surface area contributed by atoms with Crippen LogP contribution >= 0.6 is 11.3 Å². The lowest BCUT2D eigenvalue weighted by atomic mass is 9.77. The molecule has 1 aromatic heterocycles. The van der Waals surface area contributed by atoms with Gasteiger partial charge in [0.15, 0.2) is 0 Å². The number of hydrogen-bond acceptors (Lipinski definition) is 3. The summed E-state index contributed by atoms with van der Waals surface area (Å²) in [6.45, 7) is 9.31. The number of carboxylic acid groups (broad SMARTS) is 1. The van der Waals surface area contributed by atoms with Crippen LogP contribution in [0, 0.1) is 5.41 Å². The maximum absolute atomic E-state index is 11.6. The summed E-state index contributed by atoms with van der Waals surface area (Å²) < 4.78 is 0. The summed E-state index contributed by atoms with van der Waals surface area (Å²) in [5.41, 5.74) is 2.54. The Hall–Kier alpha value is -1.88. The Labute approximate surface area is 179 Å². The molecule has 3 atom stereocenters. The smallest absolute Gasteiger partial charge is 0.407 e. The summed E-state index contributed by atoms with van der Waals surface area (Å²) >= 11 is 1.76. The average Bonchev–Trinajstić information content (AvgIpc) is 3.16. The highest BCUT2D eigenvalue weighted by molar-refractivity contribution is 7.09. The maximum Gasteiger partial charge on any atom is 0.407 e. The second-order valence-electron chi connectivity index (χ2n) is 9.46. The lowest BCUT2D eigenvalue weighted by molar-refractivity contribution is 0.0525. The average molecular weight is 415 g/mol. The summed E-state index contributed by atoms with van der Waals surface area (Å²) in [4.78, 5) is 18.2. The predicted octanol–water partition coefficient (Wildman–Crippen LogP) is 6.54. The van der Waals surface area contributed by atoms with Gasteiger partial charge in [0.05, 0.1) is 10.7 Å². The van der Waals surface area contributed by atoms with E-state index in [1.807, 2.05) is 0 Å². The van der Waals surface area contributed by atoms with Crippen LogP contribution in [0.3, 0.4) is 0 Å². The van der Waals surface area contributed by atoms with Gasteiger partial charge in [0.1, 0.15) is 0 Å². The Bertz CT molecular complexity index is 797. The van der Waals surface area contributed by atoms with Crippen LogP contribution in [0.15, 0.2) is 35.7 Å². The third-order valence-corrected chi connectivity index (χ3v) is 7.26. The summed E-state index contributed by atoms with van der Waals surface area (Å²) in [6, 6.07) is 10.7. The van der Waals surface area contributed by atoms with Gasteiger partial charge in [0.25, 0.3) is 0 Å². The van der Waals surface area contributed by atoms with E-state index in [1.54, 1.807) is 16.2 Å². The number of benzene rings is 1. The number of aromatic nitrogens is 1. The molecule has 2 heterocycles. The highest BCUT2D eigenvalue weighted by Gasteiger charge is 2.39. The SMILES string of the molecule is CC(CCCc1csc(C2CCN(C(=O)O)C(C(C)(C)C)C2)n1)c1ccccc1. The largest absolute Gasteiger partial charge is 0.465 e. The molecular weight excluding hydrogens is 380 g/mol. The van der Waals surface area contributed by atoms with E-state index >= 15 is 0 Å². The molecule has 0 bridgehead atoms. The summed E-state index contributed by atoms with van der Waals surface area (Å²) in [7, 11) is 0. The number of nitrogens with zero attached hydrogens (tertiary/aromatic N) is 2. The van der Waals surface area contributed by atoms with E-state index in [9.17, 15) is 9.90 Å². The van der Waals surface area contributed by atoms with Gasteiger partial charge in [-0.1, -0.05) is 58.0 Å². The minimum absolute atomic E-state index is 0.0397. The van der Waals surface area contributed by atoms with E-state index in [1.165, 1.54) is 22.7 Å². The van der Waals surface area contributed by atoms with Crippen molar-refractivity contribution in [2.24, 2.45) is 5.41 Å². The van der Waals surface area contributed by atoms with Crippen molar-refractivity contribution in [3.05, 3.63) is 52.0 Å². The van der Waals surface area contributed by atoms with E-state index in [4.69, 9.17) is 4.98 Å². The topological polar surface area (TPSA) is 53.4 Å². The van der Waals surface area contributed by atoms with Crippen LogP contribution < -0.4 is 0 Å². The van der Waals surface area contributed by atoms with Crippen LogP contribution in [0.2, 0.25) is 0 Å². The second kappa shape index (κ2) is 9.29. The molecule has 1 amide bonds. The van der Waals surface area contributed by atoms with Crippen molar-refractivity contribution < 1.29 is 9.90 Å². The van der Waals surface area contributed by atoms with Crippen LogP contribution in [-0.4, -0.2) is 33.7 Å². The zero-order valence-electron chi connectivity index (χ0n) is 18.1. The molecule has 0 radical (unpaired) electrons. The van der Waals surface area contributed by atoms with Crippen molar-refractivity contribution >= 4 is 17.4 Å². The lowest BCUT2D eigenvalue weighted by Gasteiger charge is -2.44. The molecule has 0 spiro atoms. The molecule has 2 aromatic rings. The Morgan fingerprint density at radius 2 is 2.03 bits per heavy atom. The summed E-state index contributed by atoms with van der Waals surface area (Å²) in [5, 5.41) is 13.0. The predicted molar refractivity (Wildman–Crippen MR) is 120 cm³/mol. The first kappa shape index (κ1) is 21.8. The standard InChI is InChI=1S/C24H34N2O2S/c1-17(18-10-6-5-7-11-18)9-8-12-20-16-29-22(25-20)19-13-14-26(23(27)28)21(15-19)24(2,3)4/h5-7,10-11,16-17,19,21H,8-9,12-15H2,1-4H3,(H,27,28). The minimum Gasteiger partial charge on any atom is -0.465 e. The zero-order valence-corrected chi connectivity index (χ0v) is 18.9. The van der Waals surface area contributed by atoms with Gasteiger partial charge in [-0.15, -0.1) is 11.3 Å². The van der Waals surface area contributed by atoms with Gasteiger partial charge >= 0.3 is 6.09 Å². The number of carbonyl (C=O) groups is 1. The monoisotopic (exact) mass is 414 g/mol. The fourth-order valence-corrected chi connectivity index (χ4v) is 5.41. The van der Waals surface area contributed by atoms with E-state index < -0.39 is 6.09 Å². The van der Waals surface area contributed by atoms with Gasteiger partial charge in [-0.2, -0.15) is 0 Å². The molecule has 1 aliphatic rings. The molecule has 1 N–H and O–H groups in total. The van der Waals surface area contributed by atoms with E-state index in [0.29, 0.717) is 18.4 Å². The van der Waals surface area contributed by atoms with Gasteiger partial charge in [-0.3, -0.25) is 0 Å². The Kier molecular flexibility index (Phi) is 6.99. The third kappa shape index (κ3) is 5.59. The fourth-order valence-electron chi connectivity index (χ4n) is 4.40. The Morgan fingerprint density at radius 3 is 2.69 bits per heavy atom. The molecular formula is C24H34N2O2S. The normalized spacial score (nSPS) is 21.2. The van der Waals surface area contributed by atoms with E-state index in [-0.39, 0.29) is 11.5 Å². The number of rotatable bonds is 6. The summed E-state index contributed by atoms with van der Waals surface area (Å²) in [5.74, 6) is 0.944. The third-order valence-electron chi connectivity index (χ3n) is 6.21. The first-order chi connectivity index (χ1) is 13.8. The first-order valence-corrected chi connectivity index (χ1v) is 11.6. The molecule has 5 heteroatoms. The molecule has 1 aliphatic heterocycles. The van der Waals surface area contributed by atoms with Gasteiger partial charge in [0, 0.05) is 23.9 Å². The molecule has 158 valence electrons. The molecule has 3 unspecified atom stereocenters. The summed E-state index contributed by atoms with van der Waals surface area (Å²) in [6.07, 6.45) is 4.27. The maximum atomic E-state index is 11.6. The van der Waals surface area contributed by atoms with Crippen LogP contribution in [0.25, 0.3) is 0 Å².